The number of aliphatic carboxylic acids is 1. The highest BCUT2D eigenvalue weighted by Gasteiger charge is 2.20. The molecule has 0 saturated heterocycles. The number of aromatic hydroxyl groups is 2. The lowest BCUT2D eigenvalue weighted by atomic mass is 10.0. The number of amides is 1. The first kappa shape index (κ1) is 15.8. The molecule has 1 amide bonds. The Bertz CT molecular complexity index is 490. The molecule has 6 N–H and O–H groups in total. The molecule has 0 aliphatic carbocycles. The fourth-order valence-corrected chi connectivity index (χ4v) is 1.66. The van der Waals surface area contributed by atoms with E-state index >= 15 is 0 Å². The van der Waals surface area contributed by atoms with Gasteiger partial charge in [-0.2, -0.15) is 0 Å². The van der Waals surface area contributed by atoms with Crippen LogP contribution < -0.4 is 11.1 Å². The predicted octanol–water partition coefficient (Wildman–Crippen LogP) is -0.0514. The smallest absolute Gasteiger partial charge is 0.326 e. The van der Waals surface area contributed by atoms with Gasteiger partial charge in [-0.3, -0.25) is 4.79 Å². The molecule has 1 unspecified atom stereocenters. The van der Waals surface area contributed by atoms with E-state index in [9.17, 15) is 19.8 Å². The molecule has 0 saturated carbocycles. The summed E-state index contributed by atoms with van der Waals surface area (Å²) in [6.07, 6.45) is 0.664. The van der Waals surface area contributed by atoms with Crippen molar-refractivity contribution in [1.82, 2.24) is 5.32 Å². The van der Waals surface area contributed by atoms with E-state index in [1.165, 1.54) is 18.2 Å². The molecule has 0 bridgehead atoms. The van der Waals surface area contributed by atoms with E-state index < -0.39 is 12.0 Å². The number of benzene rings is 1. The molecule has 1 rings (SSSR count). The average Bonchev–Trinajstić information content (AvgIpc) is 2.39. The Labute approximate surface area is 116 Å². The molecule has 1 aromatic carbocycles. The summed E-state index contributed by atoms with van der Waals surface area (Å²) >= 11 is 0. The molecular weight excluding hydrogens is 264 g/mol. The Morgan fingerprint density at radius 1 is 1.25 bits per heavy atom. The van der Waals surface area contributed by atoms with E-state index in [0.29, 0.717) is 18.5 Å². The SMILES string of the molecule is NCCCC(=O)NC(Cc1ccc(O)c(O)c1)C(=O)O. The Hall–Kier alpha value is -2.28. The molecule has 0 aliphatic rings. The van der Waals surface area contributed by atoms with Crippen LogP contribution in [0.15, 0.2) is 18.2 Å². The molecule has 0 radical (unpaired) electrons. The summed E-state index contributed by atoms with van der Waals surface area (Å²) in [6, 6.07) is 2.91. The minimum Gasteiger partial charge on any atom is -0.504 e. The maximum absolute atomic E-state index is 11.5. The largest absolute Gasteiger partial charge is 0.504 e. The number of rotatable bonds is 7. The number of carbonyl (C=O) groups is 2. The topological polar surface area (TPSA) is 133 Å². The van der Waals surface area contributed by atoms with Crippen LogP contribution in [0.1, 0.15) is 18.4 Å². The summed E-state index contributed by atoms with van der Waals surface area (Å²) in [5, 5.41) is 30.0. The molecule has 0 aromatic heterocycles. The molecule has 0 heterocycles. The number of hydrogen-bond acceptors (Lipinski definition) is 5. The predicted molar refractivity (Wildman–Crippen MR) is 71.3 cm³/mol. The van der Waals surface area contributed by atoms with Crippen LogP contribution >= 0.6 is 0 Å². The first-order valence-electron chi connectivity index (χ1n) is 6.17. The summed E-state index contributed by atoms with van der Waals surface area (Å²) in [6.45, 7) is 0.358. The molecule has 1 aromatic rings. The Morgan fingerprint density at radius 3 is 2.50 bits per heavy atom. The minimum atomic E-state index is -1.17. The number of nitrogens with two attached hydrogens (primary N) is 1. The van der Waals surface area contributed by atoms with Gasteiger partial charge in [-0.05, 0) is 30.7 Å². The van der Waals surface area contributed by atoms with Crippen LogP contribution in [-0.2, 0) is 16.0 Å². The summed E-state index contributed by atoms with van der Waals surface area (Å²) in [7, 11) is 0. The van der Waals surface area contributed by atoms with Gasteiger partial charge in [-0.25, -0.2) is 4.79 Å². The van der Waals surface area contributed by atoms with Crippen LogP contribution in [-0.4, -0.2) is 39.8 Å². The second-order valence-corrected chi connectivity index (χ2v) is 4.38. The number of phenols is 2. The van der Waals surface area contributed by atoms with Gasteiger partial charge in [0.2, 0.25) is 5.91 Å². The standard InChI is InChI=1S/C13H18N2O5/c14-5-1-2-12(18)15-9(13(19)20)6-8-3-4-10(16)11(17)7-8/h3-4,7,9,16-17H,1-2,5-6,14H2,(H,15,18)(H,19,20). The maximum Gasteiger partial charge on any atom is 0.326 e. The van der Waals surface area contributed by atoms with Crippen LogP contribution in [0.2, 0.25) is 0 Å². The van der Waals surface area contributed by atoms with Crippen molar-refractivity contribution in [2.45, 2.75) is 25.3 Å². The summed E-state index contributed by atoms with van der Waals surface area (Å²) in [5.41, 5.74) is 5.77. The summed E-state index contributed by atoms with van der Waals surface area (Å²) in [5.74, 6) is -2.17. The van der Waals surface area contributed by atoms with Crippen LogP contribution in [0.4, 0.5) is 0 Å². The molecule has 0 fully saturated rings. The number of nitrogens with one attached hydrogen (secondary N) is 1. The molecule has 7 nitrogen and oxygen atoms in total. The summed E-state index contributed by atoms with van der Waals surface area (Å²) < 4.78 is 0. The van der Waals surface area contributed by atoms with E-state index in [2.05, 4.69) is 5.32 Å². The average molecular weight is 282 g/mol. The zero-order valence-corrected chi connectivity index (χ0v) is 10.9. The Kier molecular flexibility index (Phi) is 5.79. The number of phenolic OH excluding ortho intramolecular Hbond substituents is 2. The molecule has 1 atom stereocenters. The van der Waals surface area contributed by atoms with Crippen molar-refractivity contribution in [2.75, 3.05) is 6.54 Å². The van der Waals surface area contributed by atoms with E-state index in [1.807, 2.05) is 0 Å². The van der Waals surface area contributed by atoms with Gasteiger partial charge in [-0.1, -0.05) is 6.07 Å². The van der Waals surface area contributed by atoms with Gasteiger partial charge in [0.05, 0.1) is 0 Å². The quantitative estimate of drug-likeness (QED) is 0.445. The van der Waals surface area contributed by atoms with Crippen LogP contribution in [0, 0.1) is 0 Å². The fourth-order valence-electron chi connectivity index (χ4n) is 1.66. The lowest BCUT2D eigenvalue weighted by Gasteiger charge is -2.15. The molecule has 20 heavy (non-hydrogen) atoms. The van der Waals surface area contributed by atoms with Crippen molar-refractivity contribution in [3.63, 3.8) is 0 Å². The van der Waals surface area contributed by atoms with Crippen molar-refractivity contribution in [3.05, 3.63) is 23.8 Å². The summed E-state index contributed by atoms with van der Waals surface area (Å²) in [4.78, 5) is 22.6. The lowest BCUT2D eigenvalue weighted by Crippen LogP contribution is -2.42. The van der Waals surface area contributed by atoms with Crippen molar-refractivity contribution in [1.29, 1.82) is 0 Å². The monoisotopic (exact) mass is 282 g/mol. The number of hydrogen-bond donors (Lipinski definition) is 5. The fraction of sp³-hybridized carbons (Fsp3) is 0.385. The molecule has 7 heteroatoms. The third-order valence-corrected chi connectivity index (χ3v) is 2.72. The second kappa shape index (κ2) is 7.34. The van der Waals surface area contributed by atoms with Crippen LogP contribution in [0.25, 0.3) is 0 Å². The minimum absolute atomic E-state index is 0.0114. The normalized spacial score (nSPS) is 11.8. The highest BCUT2D eigenvalue weighted by Crippen LogP contribution is 2.25. The highest BCUT2D eigenvalue weighted by atomic mass is 16.4. The van der Waals surface area contributed by atoms with Crippen LogP contribution in [0.3, 0.4) is 0 Å². The Morgan fingerprint density at radius 2 is 1.95 bits per heavy atom. The number of carboxylic acid groups (broad SMARTS) is 1. The van der Waals surface area contributed by atoms with Gasteiger partial charge in [0, 0.05) is 12.8 Å². The van der Waals surface area contributed by atoms with Crippen molar-refractivity contribution in [2.24, 2.45) is 5.73 Å². The highest BCUT2D eigenvalue weighted by molar-refractivity contribution is 5.83. The molecular formula is C13H18N2O5. The first-order valence-corrected chi connectivity index (χ1v) is 6.17. The van der Waals surface area contributed by atoms with E-state index in [0.717, 1.165) is 0 Å². The van der Waals surface area contributed by atoms with Crippen molar-refractivity contribution >= 4 is 11.9 Å². The first-order chi connectivity index (χ1) is 9.43. The van der Waals surface area contributed by atoms with E-state index in [4.69, 9.17) is 10.8 Å². The van der Waals surface area contributed by atoms with E-state index in [1.54, 1.807) is 0 Å². The van der Waals surface area contributed by atoms with Crippen molar-refractivity contribution in [3.8, 4) is 11.5 Å². The third kappa shape index (κ3) is 4.77. The second-order valence-electron chi connectivity index (χ2n) is 4.38. The van der Waals surface area contributed by atoms with Gasteiger partial charge in [0.25, 0.3) is 0 Å². The van der Waals surface area contributed by atoms with Gasteiger partial charge in [0.1, 0.15) is 6.04 Å². The maximum atomic E-state index is 11.5. The van der Waals surface area contributed by atoms with Gasteiger partial charge >= 0.3 is 5.97 Å². The van der Waals surface area contributed by atoms with Gasteiger partial charge in [0.15, 0.2) is 11.5 Å². The zero-order chi connectivity index (χ0) is 15.1. The van der Waals surface area contributed by atoms with E-state index in [-0.39, 0.29) is 30.2 Å². The van der Waals surface area contributed by atoms with Crippen LogP contribution in [0.5, 0.6) is 11.5 Å². The molecule has 0 spiro atoms. The zero-order valence-electron chi connectivity index (χ0n) is 10.9. The third-order valence-electron chi connectivity index (χ3n) is 2.72. The Balaban J connectivity index is 2.69. The number of carboxylic acids is 1. The van der Waals surface area contributed by atoms with Gasteiger partial charge < -0.3 is 26.4 Å². The van der Waals surface area contributed by atoms with Gasteiger partial charge in [-0.15, -0.1) is 0 Å². The van der Waals surface area contributed by atoms with Crippen molar-refractivity contribution < 1.29 is 24.9 Å². The number of carbonyl (C=O) groups excluding carboxylic acids is 1. The molecule has 0 aliphatic heterocycles. The lowest BCUT2D eigenvalue weighted by molar-refractivity contribution is -0.141. The molecule has 110 valence electrons.